The minimum atomic E-state index is -0.407. The number of aromatic nitrogens is 1. The first-order valence-corrected chi connectivity index (χ1v) is 5.77. The largest absolute Gasteiger partial charge is 0.384 e. The van der Waals surface area contributed by atoms with Crippen molar-refractivity contribution in [1.82, 2.24) is 15.6 Å². The molecule has 100 valence electrons. The molecule has 0 radical (unpaired) electrons. The number of carbonyl (C=O) groups is 2. The van der Waals surface area contributed by atoms with Crippen LogP contribution in [0.5, 0.6) is 0 Å². The molecule has 0 aliphatic carbocycles. The number of nitrogens with zero attached hydrogens (tertiary/aromatic N) is 1. The second kappa shape index (κ2) is 7.84. The summed E-state index contributed by atoms with van der Waals surface area (Å²) in [5, 5.41) is 13.7. The van der Waals surface area contributed by atoms with Crippen LogP contribution in [0, 0.1) is 11.8 Å². The number of aliphatic hydroxyl groups is 1. The highest BCUT2D eigenvalue weighted by atomic mass is 16.2. The number of nitrogens with one attached hydrogen (secondary N) is 2. The summed E-state index contributed by atoms with van der Waals surface area (Å²) in [6.45, 7) is 1.92. The molecule has 0 aliphatic rings. The number of carbonyl (C=O) groups excluding carboxylic acids is 2. The third kappa shape index (κ3) is 4.77. The van der Waals surface area contributed by atoms with Gasteiger partial charge < -0.3 is 15.7 Å². The predicted octanol–water partition coefficient (Wildman–Crippen LogP) is -0.709. The molecule has 0 aliphatic heterocycles. The zero-order chi connectivity index (χ0) is 14.1. The van der Waals surface area contributed by atoms with Crippen molar-refractivity contribution in [3.8, 4) is 11.8 Å². The van der Waals surface area contributed by atoms with Gasteiger partial charge in [-0.2, -0.15) is 0 Å². The van der Waals surface area contributed by atoms with Gasteiger partial charge in [0.2, 0.25) is 5.91 Å². The molecule has 19 heavy (non-hydrogen) atoms. The second-order valence-electron chi connectivity index (χ2n) is 3.52. The third-order valence-corrected chi connectivity index (χ3v) is 2.15. The Kier molecular flexibility index (Phi) is 6.06. The van der Waals surface area contributed by atoms with Crippen LogP contribution in [0.4, 0.5) is 0 Å². The molecule has 6 nitrogen and oxygen atoms in total. The highest BCUT2D eigenvalue weighted by Crippen LogP contribution is 2.04. The van der Waals surface area contributed by atoms with Gasteiger partial charge in [0, 0.05) is 18.9 Å². The van der Waals surface area contributed by atoms with Crippen LogP contribution >= 0.6 is 0 Å². The van der Waals surface area contributed by atoms with Crippen LogP contribution in [-0.4, -0.2) is 41.6 Å². The fourth-order valence-corrected chi connectivity index (χ4v) is 1.34. The standard InChI is InChI=1S/C13H15N3O3/c1-2-15-12(18)9-16-13(19)11-5-6-14-8-10(11)4-3-7-17/h5-6,8,17H,2,7,9H2,1H3,(H,15,18)(H,16,19). The van der Waals surface area contributed by atoms with Gasteiger partial charge in [-0.25, -0.2) is 0 Å². The molecular weight excluding hydrogens is 246 g/mol. The molecule has 0 saturated heterocycles. The number of rotatable bonds is 4. The Hall–Kier alpha value is -2.39. The lowest BCUT2D eigenvalue weighted by Crippen LogP contribution is -2.37. The van der Waals surface area contributed by atoms with E-state index in [-0.39, 0.29) is 19.1 Å². The van der Waals surface area contributed by atoms with E-state index in [1.165, 1.54) is 18.5 Å². The van der Waals surface area contributed by atoms with E-state index in [1.54, 1.807) is 6.92 Å². The molecule has 0 fully saturated rings. The summed E-state index contributed by atoms with van der Waals surface area (Å²) in [4.78, 5) is 27.0. The van der Waals surface area contributed by atoms with Crippen molar-refractivity contribution in [3.63, 3.8) is 0 Å². The maximum absolute atomic E-state index is 11.9. The van der Waals surface area contributed by atoms with E-state index in [0.29, 0.717) is 17.7 Å². The fraction of sp³-hybridized carbons (Fsp3) is 0.308. The van der Waals surface area contributed by atoms with Gasteiger partial charge in [-0.15, -0.1) is 0 Å². The van der Waals surface area contributed by atoms with Crippen molar-refractivity contribution in [2.45, 2.75) is 6.92 Å². The highest BCUT2D eigenvalue weighted by Gasteiger charge is 2.11. The molecule has 0 bridgehead atoms. The van der Waals surface area contributed by atoms with Gasteiger partial charge in [0.05, 0.1) is 17.7 Å². The molecule has 2 amide bonds. The van der Waals surface area contributed by atoms with E-state index >= 15 is 0 Å². The van der Waals surface area contributed by atoms with Crippen molar-refractivity contribution < 1.29 is 14.7 Å². The minimum Gasteiger partial charge on any atom is -0.384 e. The Labute approximate surface area is 111 Å². The number of likely N-dealkylation sites (N-methyl/N-ethyl adjacent to an activating group) is 1. The quantitative estimate of drug-likeness (QED) is 0.624. The molecule has 0 saturated carbocycles. The molecule has 1 heterocycles. The van der Waals surface area contributed by atoms with Gasteiger partial charge in [0.15, 0.2) is 0 Å². The molecule has 0 spiro atoms. The van der Waals surface area contributed by atoms with Crippen molar-refractivity contribution >= 4 is 11.8 Å². The maximum atomic E-state index is 11.9. The average Bonchev–Trinajstić information content (AvgIpc) is 2.43. The van der Waals surface area contributed by atoms with Gasteiger partial charge in [0.1, 0.15) is 6.61 Å². The second-order valence-corrected chi connectivity index (χ2v) is 3.52. The Bertz CT molecular complexity index is 517. The summed E-state index contributed by atoms with van der Waals surface area (Å²) in [7, 11) is 0. The first kappa shape index (κ1) is 14.7. The first-order chi connectivity index (χ1) is 9.19. The van der Waals surface area contributed by atoms with Crippen LogP contribution < -0.4 is 10.6 Å². The Morgan fingerprint density at radius 3 is 2.89 bits per heavy atom. The van der Waals surface area contributed by atoms with E-state index in [9.17, 15) is 9.59 Å². The summed E-state index contributed by atoms with van der Waals surface area (Å²) in [5.41, 5.74) is 0.727. The molecule has 0 atom stereocenters. The predicted molar refractivity (Wildman–Crippen MR) is 69.2 cm³/mol. The van der Waals surface area contributed by atoms with Crippen LogP contribution in [0.2, 0.25) is 0 Å². The van der Waals surface area contributed by atoms with Crippen molar-refractivity contribution in [2.75, 3.05) is 19.7 Å². The first-order valence-electron chi connectivity index (χ1n) is 5.77. The Balaban J connectivity index is 2.74. The summed E-state index contributed by atoms with van der Waals surface area (Å²) in [6, 6.07) is 1.51. The molecular formula is C13H15N3O3. The molecule has 1 aromatic heterocycles. The van der Waals surface area contributed by atoms with Crippen LogP contribution in [0.15, 0.2) is 18.5 Å². The Morgan fingerprint density at radius 2 is 2.21 bits per heavy atom. The minimum absolute atomic E-state index is 0.0954. The number of pyridine rings is 1. The van der Waals surface area contributed by atoms with Crippen LogP contribution in [0.3, 0.4) is 0 Å². The maximum Gasteiger partial charge on any atom is 0.253 e. The van der Waals surface area contributed by atoms with Gasteiger partial charge in [-0.3, -0.25) is 14.6 Å². The summed E-state index contributed by atoms with van der Waals surface area (Å²) in [5.74, 6) is 4.42. The normalized spacial score (nSPS) is 9.16. The van der Waals surface area contributed by atoms with Gasteiger partial charge >= 0.3 is 0 Å². The van der Waals surface area contributed by atoms with Crippen molar-refractivity contribution in [2.24, 2.45) is 0 Å². The molecule has 1 aromatic rings. The smallest absolute Gasteiger partial charge is 0.253 e. The molecule has 3 N–H and O–H groups in total. The lowest BCUT2D eigenvalue weighted by molar-refractivity contribution is -0.120. The van der Waals surface area contributed by atoms with E-state index in [1.807, 2.05) is 0 Å². The molecule has 0 aromatic carbocycles. The zero-order valence-electron chi connectivity index (χ0n) is 10.6. The lowest BCUT2D eigenvalue weighted by atomic mass is 10.1. The monoisotopic (exact) mass is 261 g/mol. The zero-order valence-corrected chi connectivity index (χ0v) is 10.6. The summed E-state index contributed by atoms with van der Waals surface area (Å²) in [6.07, 6.45) is 2.90. The van der Waals surface area contributed by atoms with Crippen LogP contribution in [0.1, 0.15) is 22.8 Å². The summed E-state index contributed by atoms with van der Waals surface area (Å²) < 4.78 is 0. The van der Waals surface area contributed by atoms with Crippen molar-refractivity contribution in [1.29, 1.82) is 0 Å². The fourth-order valence-electron chi connectivity index (χ4n) is 1.34. The van der Waals surface area contributed by atoms with Gasteiger partial charge in [-0.1, -0.05) is 11.8 Å². The topological polar surface area (TPSA) is 91.3 Å². The number of hydrogen-bond acceptors (Lipinski definition) is 4. The number of amides is 2. The van der Waals surface area contributed by atoms with Crippen LogP contribution in [-0.2, 0) is 4.79 Å². The van der Waals surface area contributed by atoms with E-state index in [4.69, 9.17) is 5.11 Å². The van der Waals surface area contributed by atoms with E-state index in [0.717, 1.165) is 0 Å². The SMILES string of the molecule is CCNC(=O)CNC(=O)c1ccncc1C#CCO. The molecule has 1 rings (SSSR count). The third-order valence-electron chi connectivity index (χ3n) is 2.15. The molecule has 0 unspecified atom stereocenters. The molecule has 6 heteroatoms. The van der Waals surface area contributed by atoms with Crippen LogP contribution in [0.25, 0.3) is 0 Å². The summed E-state index contributed by atoms with van der Waals surface area (Å²) >= 11 is 0. The lowest BCUT2D eigenvalue weighted by Gasteiger charge is -2.06. The van der Waals surface area contributed by atoms with E-state index < -0.39 is 5.91 Å². The van der Waals surface area contributed by atoms with Crippen molar-refractivity contribution in [3.05, 3.63) is 29.6 Å². The number of hydrogen-bond donors (Lipinski definition) is 3. The van der Waals surface area contributed by atoms with E-state index in [2.05, 4.69) is 27.5 Å². The van der Waals surface area contributed by atoms with Gasteiger partial charge in [-0.05, 0) is 13.0 Å². The number of aliphatic hydroxyl groups excluding tert-OH is 1. The van der Waals surface area contributed by atoms with Gasteiger partial charge in [0.25, 0.3) is 5.91 Å². The highest BCUT2D eigenvalue weighted by molar-refractivity contribution is 5.98. The average molecular weight is 261 g/mol. The Morgan fingerprint density at radius 1 is 1.42 bits per heavy atom.